The highest BCUT2D eigenvalue weighted by Gasteiger charge is 2.51. The second kappa shape index (κ2) is 6.81. The summed E-state index contributed by atoms with van der Waals surface area (Å²) in [6, 6.07) is 6.57. The van der Waals surface area contributed by atoms with Crippen LogP contribution in [0.2, 0.25) is 5.02 Å². The Bertz CT molecular complexity index is 671. The van der Waals surface area contributed by atoms with Gasteiger partial charge in [-0.05, 0) is 37.5 Å². The summed E-state index contributed by atoms with van der Waals surface area (Å²) in [6.07, 6.45) is 4.01. The molecule has 3 rings (SSSR count). The van der Waals surface area contributed by atoms with Crippen molar-refractivity contribution in [2.24, 2.45) is 0 Å². The van der Waals surface area contributed by atoms with Gasteiger partial charge >= 0.3 is 6.03 Å². The van der Waals surface area contributed by atoms with Crippen LogP contribution in [0, 0.1) is 0 Å². The van der Waals surface area contributed by atoms with Crippen LogP contribution in [0.4, 0.5) is 10.5 Å². The SMILES string of the molecule is O=C(CCCN1C(=O)NC2(CCCC2)C1=O)Nc1cccc(Cl)c1. The van der Waals surface area contributed by atoms with E-state index in [1.807, 2.05) is 0 Å². The molecule has 0 radical (unpaired) electrons. The van der Waals surface area contributed by atoms with Crippen molar-refractivity contribution in [2.45, 2.75) is 44.1 Å². The number of nitrogens with one attached hydrogen (secondary N) is 2. The number of hydrogen-bond acceptors (Lipinski definition) is 3. The Morgan fingerprint density at radius 2 is 2.04 bits per heavy atom. The largest absolute Gasteiger partial charge is 0.326 e. The predicted molar refractivity (Wildman–Crippen MR) is 90.8 cm³/mol. The van der Waals surface area contributed by atoms with Crippen LogP contribution >= 0.6 is 11.6 Å². The highest BCUT2D eigenvalue weighted by molar-refractivity contribution is 6.30. The average molecular weight is 350 g/mol. The van der Waals surface area contributed by atoms with Gasteiger partial charge in [0.15, 0.2) is 0 Å². The number of carbonyl (C=O) groups is 3. The zero-order chi connectivity index (χ0) is 17.2. The average Bonchev–Trinajstić information content (AvgIpc) is 3.08. The first-order chi connectivity index (χ1) is 11.5. The summed E-state index contributed by atoms with van der Waals surface area (Å²) in [5.41, 5.74) is -0.0486. The molecule has 1 aliphatic heterocycles. The number of anilines is 1. The Labute approximate surface area is 145 Å². The van der Waals surface area contributed by atoms with Gasteiger partial charge in [0.25, 0.3) is 5.91 Å². The normalized spacial score (nSPS) is 19.0. The van der Waals surface area contributed by atoms with Gasteiger partial charge in [0.1, 0.15) is 5.54 Å². The number of urea groups is 1. The molecule has 6 nitrogen and oxygen atoms in total. The summed E-state index contributed by atoms with van der Waals surface area (Å²) < 4.78 is 0. The molecule has 1 aromatic carbocycles. The van der Waals surface area contributed by atoms with Gasteiger partial charge in [0.2, 0.25) is 5.91 Å². The zero-order valence-electron chi connectivity index (χ0n) is 13.3. The minimum atomic E-state index is -0.680. The van der Waals surface area contributed by atoms with E-state index < -0.39 is 5.54 Å². The Morgan fingerprint density at radius 3 is 2.75 bits per heavy atom. The summed E-state index contributed by atoms with van der Waals surface area (Å²) in [4.78, 5) is 37.7. The van der Waals surface area contributed by atoms with Crippen LogP contribution in [0.1, 0.15) is 38.5 Å². The monoisotopic (exact) mass is 349 g/mol. The van der Waals surface area contributed by atoms with Gasteiger partial charge in [-0.2, -0.15) is 0 Å². The standard InChI is InChI=1S/C17H20ClN3O3/c18-12-5-3-6-13(11-12)19-14(22)7-4-10-21-15(23)17(20-16(21)24)8-1-2-9-17/h3,5-6,11H,1-2,4,7-10H2,(H,19,22)(H,20,24). The van der Waals surface area contributed by atoms with Gasteiger partial charge in [0, 0.05) is 23.7 Å². The lowest BCUT2D eigenvalue weighted by Crippen LogP contribution is -2.44. The summed E-state index contributed by atoms with van der Waals surface area (Å²) in [6.45, 7) is 0.259. The fourth-order valence-corrected chi connectivity index (χ4v) is 3.57. The molecule has 1 aliphatic carbocycles. The molecule has 7 heteroatoms. The van der Waals surface area contributed by atoms with E-state index in [0.29, 0.717) is 30.0 Å². The van der Waals surface area contributed by atoms with E-state index in [2.05, 4.69) is 10.6 Å². The molecule has 0 unspecified atom stereocenters. The van der Waals surface area contributed by atoms with E-state index >= 15 is 0 Å². The fraction of sp³-hybridized carbons (Fsp3) is 0.471. The van der Waals surface area contributed by atoms with Crippen molar-refractivity contribution in [1.29, 1.82) is 0 Å². The van der Waals surface area contributed by atoms with Crippen LogP contribution in [0.5, 0.6) is 0 Å². The molecule has 0 bridgehead atoms. The number of amides is 4. The van der Waals surface area contributed by atoms with Gasteiger partial charge in [-0.25, -0.2) is 4.79 Å². The molecule has 2 fully saturated rings. The second-order valence-corrected chi connectivity index (χ2v) is 6.77. The van der Waals surface area contributed by atoms with Gasteiger partial charge in [-0.3, -0.25) is 14.5 Å². The molecule has 0 aromatic heterocycles. The molecule has 1 saturated carbocycles. The Kier molecular flexibility index (Phi) is 4.76. The lowest BCUT2D eigenvalue weighted by Gasteiger charge is -2.19. The number of halogens is 1. The number of rotatable bonds is 5. The Hall–Kier alpha value is -2.08. The van der Waals surface area contributed by atoms with Crippen LogP contribution in [0.25, 0.3) is 0 Å². The molecule has 128 valence electrons. The van der Waals surface area contributed by atoms with Crippen molar-refractivity contribution < 1.29 is 14.4 Å². The van der Waals surface area contributed by atoms with Crippen molar-refractivity contribution in [1.82, 2.24) is 10.2 Å². The maximum Gasteiger partial charge on any atom is 0.325 e. The van der Waals surface area contributed by atoms with Gasteiger partial charge in [0.05, 0.1) is 0 Å². The van der Waals surface area contributed by atoms with E-state index in [-0.39, 0.29) is 30.8 Å². The summed E-state index contributed by atoms with van der Waals surface area (Å²) in [5.74, 6) is -0.305. The first-order valence-corrected chi connectivity index (χ1v) is 8.57. The van der Waals surface area contributed by atoms with Gasteiger partial charge in [-0.15, -0.1) is 0 Å². The van der Waals surface area contributed by atoms with Crippen LogP contribution in [0.3, 0.4) is 0 Å². The summed E-state index contributed by atoms with van der Waals surface area (Å²) in [7, 11) is 0. The van der Waals surface area contributed by atoms with Crippen molar-refractivity contribution >= 4 is 35.1 Å². The molecule has 1 heterocycles. The Balaban J connectivity index is 1.48. The van der Waals surface area contributed by atoms with Crippen LogP contribution < -0.4 is 10.6 Å². The van der Waals surface area contributed by atoms with E-state index in [9.17, 15) is 14.4 Å². The topological polar surface area (TPSA) is 78.5 Å². The third-order valence-electron chi connectivity index (χ3n) is 4.60. The molecule has 0 atom stereocenters. The molecule has 1 aromatic rings. The maximum absolute atomic E-state index is 12.5. The van der Waals surface area contributed by atoms with E-state index in [0.717, 1.165) is 12.8 Å². The van der Waals surface area contributed by atoms with Crippen LogP contribution in [-0.2, 0) is 9.59 Å². The van der Waals surface area contributed by atoms with Crippen molar-refractivity contribution in [3.8, 4) is 0 Å². The molecule has 4 amide bonds. The molecule has 24 heavy (non-hydrogen) atoms. The second-order valence-electron chi connectivity index (χ2n) is 6.34. The van der Waals surface area contributed by atoms with Crippen LogP contribution in [-0.4, -0.2) is 34.8 Å². The minimum absolute atomic E-state index is 0.139. The molecular weight excluding hydrogens is 330 g/mol. The number of imide groups is 1. The quantitative estimate of drug-likeness (QED) is 0.802. The first-order valence-electron chi connectivity index (χ1n) is 8.20. The van der Waals surface area contributed by atoms with Gasteiger partial charge in [-0.1, -0.05) is 30.5 Å². The molecular formula is C17H20ClN3O3. The summed E-state index contributed by atoms with van der Waals surface area (Å²) >= 11 is 5.87. The lowest BCUT2D eigenvalue weighted by atomic mass is 9.98. The maximum atomic E-state index is 12.5. The zero-order valence-corrected chi connectivity index (χ0v) is 14.1. The third-order valence-corrected chi connectivity index (χ3v) is 4.83. The predicted octanol–water partition coefficient (Wildman–Crippen LogP) is 2.92. The molecule has 2 N–H and O–H groups in total. The van der Waals surface area contributed by atoms with E-state index in [1.165, 1.54) is 4.90 Å². The van der Waals surface area contributed by atoms with Crippen molar-refractivity contribution in [3.05, 3.63) is 29.3 Å². The van der Waals surface area contributed by atoms with Crippen molar-refractivity contribution in [3.63, 3.8) is 0 Å². The van der Waals surface area contributed by atoms with E-state index in [1.54, 1.807) is 24.3 Å². The number of carbonyl (C=O) groups excluding carboxylic acids is 3. The minimum Gasteiger partial charge on any atom is -0.326 e. The number of hydrogen-bond donors (Lipinski definition) is 2. The summed E-state index contributed by atoms with van der Waals surface area (Å²) in [5, 5.41) is 6.14. The highest BCUT2D eigenvalue weighted by atomic mass is 35.5. The smallest absolute Gasteiger partial charge is 0.325 e. The Morgan fingerprint density at radius 1 is 1.29 bits per heavy atom. The highest BCUT2D eigenvalue weighted by Crippen LogP contribution is 2.35. The first kappa shape index (κ1) is 16.8. The lowest BCUT2D eigenvalue weighted by molar-refractivity contribution is -0.131. The fourth-order valence-electron chi connectivity index (χ4n) is 3.38. The molecule has 1 spiro atoms. The number of benzene rings is 1. The van der Waals surface area contributed by atoms with E-state index in [4.69, 9.17) is 11.6 Å². The molecule has 1 saturated heterocycles. The van der Waals surface area contributed by atoms with Gasteiger partial charge < -0.3 is 10.6 Å². The number of nitrogens with zero attached hydrogens (tertiary/aromatic N) is 1. The third kappa shape index (κ3) is 3.38. The molecule has 2 aliphatic rings. The van der Waals surface area contributed by atoms with Crippen LogP contribution in [0.15, 0.2) is 24.3 Å². The van der Waals surface area contributed by atoms with Crippen molar-refractivity contribution in [2.75, 3.05) is 11.9 Å².